The van der Waals surface area contributed by atoms with Gasteiger partial charge in [-0.15, -0.1) is 0 Å². The summed E-state index contributed by atoms with van der Waals surface area (Å²) in [6.45, 7) is 0.622. The maximum atomic E-state index is 14.2. The van der Waals surface area contributed by atoms with Crippen molar-refractivity contribution >= 4 is 11.9 Å². The smallest absolute Gasteiger partial charge is 0.460 e. The summed E-state index contributed by atoms with van der Waals surface area (Å²) in [7, 11) is 1.32. The van der Waals surface area contributed by atoms with Crippen molar-refractivity contribution in [2.75, 3.05) is 26.8 Å². The van der Waals surface area contributed by atoms with Crippen LogP contribution in [-0.2, 0) is 25.7 Å². The maximum absolute atomic E-state index is 14.2. The van der Waals surface area contributed by atoms with Crippen LogP contribution in [0.5, 0.6) is 0 Å². The van der Waals surface area contributed by atoms with E-state index in [4.69, 9.17) is 4.74 Å². The number of ether oxygens (including phenoxy) is 2. The highest BCUT2D eigenvalue weighted by molar-refractivity contribution is 5.76. The van der Waals surface area contributed by atoms with E-state index in [1.54, 1.807) is 18.2 Å². The first-order chi connectivity index (χ1) is 27.1. The van der Waals surface area contributed by atoms with Gasteiger partial charge in [-0.05, 0) is 31.2 Å². The Labute approximate surface area is 330 Å². The molecule has 0 saturated carbocycles. The molecule has 344 valence electrons. The number of nitrogens with zero attached hydrogens (tertiary/aromatic N) is 1. The molecule has 0 atom stereocenters. The first-order valence-corrected chi connectivity index (χ1v) is 18.7. The van der Waals surface area contributed by atoms with Gasteiger partial charge in [0.05, 0.1) is 20.3 Å². The van der Waals surface area contributed by atoms with Gasteiger partial charge in [-0.3, -0.25) is 9.59 Å². The minimum Gasteiger partial charge on any atom is -0.469 e. The number of alkyl halides is 17. The molecular weight excluding hydrogens is 845 g/mol. The van der Waals surface area contributed by atoms with Gasteiger partial charge in [0.2, 0.25) is 5.91 Å². The van der Waals surface area contributed by atoms with Crippen LogP contribution in [0.15, 0.2) is 30.3 Å². The van der Waals surface area contributed by atoms with Gasteiger partial charge >= 0.3 is 53.6 Å². The lowest BCUT2D eigenvalue weighted by atomic mass is 9.87. The molecular formula is C37H48F17NO4. The van der Waals surface area contributed by atoms with Crippen molar-refractivity contribution in [3.05, 3.63) is 35.9 Å². The summed E-state index contributed by atoms with van der Waals surface area (Å²) >= 11 is 0. The number of amides is 1. The van der Waals surface area contributed by atoms with Crippen LogP contribution in [0.3, 0.4) is 0 Å². The van der Waals surface area contributed by atoms with Crippen molar-refractivity contribution in [1.29, 1.82) is 0 Å². The van der Waals surface area contributed by atoms with Gasteiger partial charge in [0.25, 0.3) is 0 Å². The number of carbonyl (C=O) groups is 2. The zero-order valence-corrected chi connectivity index (χ0v) is 32.0. The number of carbonyl (C=O) groups excluding carboxylic acids is 2. The number of benzene rings is 1. The highest BCUT2D eigenvalue weighted by atomic mass is 19.4. The summed E-state index contributed by atoms with van der Waals surface area (Å²) in [6.07, 6.45) is -4.60. The van der Waals surface area contributed by atoms with Gasteiger partial charge in [0, 0.05) is 32.4 Å². The van der Waals surface area contributed by atoms with Gasteiger partial charge in [0.1, 0.15) is 0 Å². The molecule has 0 aliphatic carbocycles. The predicted molar refractivity (Wildman–Crippen MR) is 179 cm³/mol. The molecule has 1 aromatic rings. The minimum absolute atomic E-state index is 0.110. The first-order valence-electron chi connectivity index (χ1n) is 18.7. The lowest BCUT2D eigenvalue weighted by molar-refractivity contribution is -0.461. The van der Waals surface area contributed by atoms with Crippen molar-refractivity contribution in [2.24, 2.45) is 0 Å². The number of methoxy groups -OCH3 is 1. The van der Waals surface area contributed by atoms with E-state index in [1.807, 2.05) is 12.1 Å². The van der Waals surface area contributed by atoms with Gasteiger partial charge < -0.3 is 14.4 Å². The van der Waals surface area contributed by atoms with Crippen molar-refractivity contribution in [2.45, 2.75) is 157 Å². The van der Waals surface area contributed by atoms with E-state index in [1.165, 1.54) is 12.0 Å². The van der Waals surface area contributed by atoms with Crippen molar-refractivity contribution in [3.63, 3.8) is 0 Å². The third-order valence-corrected chi connectivity index (χ3v) is 9.42. The molecule has 0 heterocycles. The molecule has 0 aromatic heterocycles. The molecule has 22 heteroatoms. The first kappa shape index (κ1) is 53.9. The van der Waals surface area contributed by atoms with Gasteiger partial charge in [-0.2, -0.15) is 74.6 Å². The van der Waals surface area contributed by atoms with Crippen molar-refractivity contribution in [3.8, 4) is 0 Å². The zero-order chi connectivity index (χ0) is 45.4. The molecule has 0 aliphatic rings. The van der Waals surface area contributed by atoms with Crippen LogP contribution in [0.25, 0.3) is 0 Å². The lowest BCUT2D eigenvalue weighted by Gasteiger charge is -2.42. The second-order valence-corrected chi connectivity index (χ2v) is 14.0. The van der Waals surface area contributed by atoms with Gasteiger partial charge in [0.15, 0.2) is 0 Å². The highest BCUT2D eigenvalue weighted by Gasteiger charge is 2.95. The molecule has 1 rings (SSSR count). The Balaban J connectivity index is 2.74. The maximum Gasteiger partial charge on any atom is 0.460 e. The van der Waals surface area contributed by atoms with E-state index in [0.717, 1.165) is 50.5 Å². The molecule has 1 amide bonds. The number of hydrogen-bond donors (Lipinski definition) is 0. The van der Waals surface area contributed by atoms with E-state index in [9.17, 15) is 84.2 Å². The molecule has 1 aromatic carbocycles. The summed E-state index contributed by atoms with van der Waals surface area (Å²) in [5.74, 6) is -56.8. The number of hydrogen-bond acceptors (Lipinski definition) is 4. The normalized spacial score (nSPS) is 13.8. The second kappa shape index (κ2) is 22.7. The fourth-order valence-electron chi connectivity index (χ4n) is 5.70. The summed E-state index contributed by atoms with van der Waals surface area (Å²) in [5.41, 5.74) is 0.861. The Morgan fingerprint density at radius 3 is 1.42 bits per heavy atom. The SMILES string of the molecule is COC(=O)CCCCCCCCCCC(=O)N(CCCCCCCC(F)(F)C(F)(F)C(F)(F)C(F)(F)C(F)(F)C(F)(F)C(F)(F)C(F)(F)F)CCOCc1ccccc1. The average molecular weight is 894 g/mol. The Hall–Kier alpha value is -3.07. The van der Waals surface area contributed by atoms with E-state index < -0.39 is 66.9 Å². The van der Waals surface area contributed by atoms with E-state index in [-0.39, 0.29) is 63.9 Å². The number of unbranched alkanes of at least 4 members (excludes halogenated alkanes) is 11. The topological polar surface area (TPSA) is 55.8 Å². The summed E-state index contributed by atoms with van der Waals surface area (Å²) in [6, 6.07) is 9.02. The molecule has 0 N–H and O–H groups in total. The summed E-state index contributed by atoms with van der Waals surface area (Å²) < 4.78 is 240. The average Bonchev–Trinajstić information content (AvgIpc) is 3.15. The van der Waals surface area contributed by atoms with Crippen molar-refractivity contribution in [1.82, 2.24) is 4.90 Å². The van der Waals surface area contributed by atoms with Crippen LogP contribution in [0.2, 0.25) is 0 Å². The fraction of sp³-hybridized carbons (Fsp3) is 0.784. The number of halogens is 17. The third kappa shape index (κ3) is 14.0. The number of esters is 1. The van der Waals surface area contributed by atoms with E-state index >= 15 is 0 Å². The van der Waals surface area contributed by atoms with E-state index in [2.05, 4.69) is 4.74 Å². The third-order valence-electron chi connectivity index (χ3n) is 9.42. The molecule has 0 unspecified atom stereocenters. The highest BCUT2D eigenvalue weighted by Crippen LogP contribution is 2.64. The van der Waals surface area contributed by atoms with Crippen LogP contribution in [0.1, 0.15) is 108 Å². The standard InChI is InChI=1S/C37H48F17NO4/c1-58-29(57)21-15-8-5-3-2-4-7-14-20-28(56)55(24-25-59-26-27-18-12-11-13-19-27)23-17-10-6-9-16-22-30(38,39)31(40,41)32(42,43)33(44,45)34(46,47)35(48,49)36(50,51)37(52,53)54/h11-13,18-19H,2-10,14-17,20-26H2,1H3. The molecule has 59 heavy (non-hydrogen) atoms. The predicted octanol–water partition coefficient (Wildman–Crippen LogP) is 12.5. The van der Waals surface area contributed by atoms with Crippen LogP contribution < -0.4 is 0 Å². The van der Waals surface area contributed by atoms with Crippen LogP contribution in [-0.4, -0.2) is 91.2 Å². The molecule has 0 fully saturated rings. The largest absolute Gasteiger partial charge is 0.469 e. The zero-order valence-electron chi connectivity index (χ0n) is 32.0. The summed E-state index contributed by atoms with van der Waals surface area (Å²) in [5, 5.41) is 0. The molecule has 5 nitrogen and oxygen atoms in total. The summed E-state index contributed by atoms with van der Waals surface area (Å²) in [4.78, 5) is 25.6. The second-order valence-electron chi connectivity index (χ2n) is 14.0. The van der Waals surface area contributed by atoms with Gasteiger partial charge in [-0.25, -0.2) is 0 Å². The Morgan fingerprint density at radius 1 is 0.508 bits per heavy atom. The van der Waals surface area contributed by atoms with Crippen LogP contribution in [0.4, 0.5) is 74.6 Å². The van der Waals surface area contributed by atoms with Gasteiger partial charge in [-0.1, -0.05) is 88.1 Å². The minimum atomic E-state index is -8.64. The molecule has 0 aliphatic heterocycles. The molecule has 0 radical (unpaired) electrons. The quantitative estimate of drug-likeness (QED) is 0.0439. The van der Waals surface area contributed by atoms with E-state index in [0.29, 0.717) is 12.8 Å². The monoisotopic (exact) mass is 893 g/mol. The van der Waals surface area contributed by atoms with Crippen LogP contribution >= 0.6 is 0 Å². The Morgan fingerprint density at radius 2 is 0.932 bits per heavy atom. The van der Waals surface area contributed by atoms with Crippen LogP contribution in [0, 0.1) is 0 Å². The number of rotatable bonds is 30. The van der Waals surface area contributed by atoms with Crippen molar-refractivity contribution < 1.29 is 93.7 Å². The lowest BCUT2D eigenvalue weighted by Crippen LogP contribution is -2.74. The Bertz CT molecular complexity index is 1390. The molecule has 0 saturated heterocycles. The molecule has 0 bridgehead atoms. The Kier molecular flexibility index (Phi) is 20.7. The molecule has 0 spiro atoms. The fourth-order valence-corrected chi connectivity index (χ4v) is 5.70.